The molecule has 0 aliphatic rings. The number of nitrogens with two attached hydrogens (primary N) is 1. The van der Waals surface area contributed by atoms with Crippen LogP contribution in [-0.2, 0) is 9.53 Å². The van der Waals surface area contributed by atoms with E-state index in [1.165, 1.54) is 12.1 Å². The zero-order valence-corrected chi connectivity index (χ0v) is 14.4. The highest BCUT2D eigenvalue weighted by atomic mass is 16.5. The van der Waals surface area contributed by atoms with Gasteiger partial charge >= 0.3 is 5.97 Å². The van der Waals surface area contributed by atoms with Crippen LogP contribution in [0.2, 0.25) is 0 Å². The molecule has 0 fully saturated rings. The van der Waals surface area contributed by atoms with Gasteiger partial charge < -0.3 is 15.8 Å². The van der Waals surface area contributed by atoms with Gasteiger partial charge in [0.05, 0.1) is 5.56 Å². The molecule has 0 bridgehead atoms. The Hall–Kier alpha value is -3.15. The molecule has 0 aliphatic carbocycles. The Kier molecular flexibility index (Phi) is 5.54. The molecule has 0 heterocycles. The van der Waals surface area contributed by atoms with Gasteiger partial charge in [-0.25, -0.2) is 4.79 Å². The molecule has 2 aromatic carbocycles. The third-order valence-electron chi connectivity index (χ3n) is 3.67. The summed E-state index contributed by atoms with van der Waals surface area (Å²) in [5.74, 6) is -1.55. The van der Waals surface area contributed by atoms with E-state index < -0.39 is 24.4 Å². The first-order chi connectivity index (χ1) is 11.8. The summed E-state index contributed by atoms with van der Waals surface area (Å²) in [4.78, 5) is 35.1. The molecule has 6 heteroatoms. The van der Waals surface area contributed by atoms with Crippen LogP contribution >= 0.6 is 0 Å². The van der Waals surface area contributed by atoms with Crippen LogP contribution in [-0.4, -0.2) is 24.4 Å². The highest BCUT2D eigenvalue weighted by Gasteiger charge is 2.16. The third kappa shape index (κ3) is 4.67. The molecule has 0 unspecified atom stereocenters. The van der Waals surface area contributed by atoms with Crippen LogP contribution in [0.25, 0.3) is 0 Å². The molecule has 0 aromatic heterocycles. The number of carbonyl (C=O) groups is 3. The number of rotatable bonds is 5. The standard InChI is InChI=1S/C19H20N2O4/c1-11-8-12(2)17(13(3)9-11)19(24)25-10-16(22)21-15-6-4-14(5-7-15)18(20)23/h4-9H,10H2,1-3H3,(H2,20,23)(H,21,22). The molecule has 0 atom stereocenters. The Labute approximate surface area is 146 Å². The lowest BCUT2D eigenvalue weighted by Crippen LogP contribution is -2.21. The van der Waals surface area contributed by atoms with Gasteiger partial charge in [0, 0.05) is 11.3 Å². The minimum absolute atomic E-state index is 0.342. The molecule has 2 aromatic rings. The quantitative estimate of drug-likeness (QED) is 0.817. The molecule has 2 rings (SSSR count). The number of benzene rings is 2. The maximum absolute atomic E-state index is 12.2. The SMILES string of the molecule is Cc1cc(C)c(C(=O)OCC(=O)Nc2ccc(C(N)=O)cc2)c(C)c1. The first-order valence-corrected chi connectivity index (χ1v) is 7.72. The zero-order valence-electron chi connectivity index (χ0n) is 14.4. The smallest absolute Gasteiger partial charge is 0.339 e. The number of hydrogen-bond acceptors (Lipinski definition) is 4. The fraction of sp³-hybridized carbons (Fsp3) is 0.211. The number of nitrogens with one attached hydrogen (secondary N) is 1. The zero-order chi connectivity index (χ0) is 18.6. The van der Waals surface area contributed by atoms with E-state index in [4.69, 9.17) is 10.5 Å². The van der Waals surface area contributed by atoms with Gasteiger partial charge in [0.2, 0.25) is 5.91 Å². The highest BCUT2D eigenvalue weighted by Crippen LogP contribution is 2.17. The van der Waals surface area contributed by atoms with Gasteiger partial charge in [-0.1, -0.05) is 17.7 Å². The molecular formula is C19H20N2O4. The van der Waals surface area contributed by atoms with Gasteiger partial charge in [-0.15, -0.1) is 0 Å². The first-order valence-electron chi connectivity index (χ1n) is 7.72. The summed E-state index contributed by atoms with van der Waals surface area (Å²) in [6.07, 6.45) is 0. The number of amides is 2. The van der Waals surface area contributed by atoms with Crippen molar-refractivity contribution < 1.29 is 19.1 Å². The van der Waals surface area contributed by atoms with Gasteiger partial charge in [0.15, 0.2) is 6.61 Å². The Bertz CT molecular complexity index is 803. The average molecular weight is 340 g/mol. The van der Waals surface area contributed by atoms with E-state index in [1.807, 2.05) is 32.9 Å². The third-order valence-corrected chi connectivity index (χ3v) is 3.67. The number of ether oxygens (including phenoxy) is 1. The van der Waals surface area contributed by atoms with Gasteiger partial charge in [0.25, 0.3) is 5.91 Å². The number of esters is 1. The summed E-state index contributed by atoms with van der Waals surface area (Å²) < 4.78 is 5.10. The van der Waals surface area contributed by atoms with Crippen LogP contribution in [0.5, 0.6) is 0 Å². The van der Waals surface area contributed by atoms with Crippen molar-refractivity contribution in [1.82, 2.24) is 0 Å². The second-order valence-electron chi connectivity index (χ2n) is 5.84. The van der Waals surface area contributed by atoms with E-state index in [1.54, 1.807) is 12.1 Å². The van der Waals surface area contributed by atoms with Crippen molar-refractivity contribution in [1.29, 1.82) is 0 Å². The lowest BCUT2D eigenvalue weighted by Gasteiger charge is -2.11. The van der Waals surface area contributed by atoms with Crippen LogP contribution < -0.4 is 11.1 Å². The van der Waals surface area contributed by atoms with E-state index in [0.717, 1.165) is 16.7 Å². The molecule has 0 saturated carbocycles. The lowest BCUT2D eigenvalue weighted by atomic mass is 10.00. The maximum Gasteiger partial charge on any atom is 0.339 e. The molecule has 3 N–H and O–H groups in total. The molecule has 0 spiro atoms. The number of anilines is 1. The second-order valence-corrected chi connectivity index (χ2v) is 5.84. The van der Waals surface area contributed by atoms with Crippen molar-refractivity contribution in [2.24, 2.45) is 5.73 Å². The largest absolute Gasteiger partial charge is 0.452 e. The van der Waals surface area contributed by atoms with E-state index in [-0.39, 0.29) is 0 Å². The fourth-order valence-electron chi connectivity index (χ4n) is 2.62. The summed E-state index contributed by atoms with van der Waals surface area (Å²) >= 11 is 0. The van der Waals surface area contributed by atoms with E-state index in [9.17, 15) is 14.4 Å². The topological polar surface area (TPSA) is 98.5 Å². The highest BCUT2D eigenvalue weighted by molar-refractivity contribution is 5.97. The molecular weight excluding hydrogens is 320 g/mol. The minimum Gasteiger partial charge on any atom is -0.452 e. The van der Waals surface area contributed by atoms with Crippen LogP contribution in [0.4, 0.5) is 5.69 Å². The predicted molar refractivity (Wildman–Crippen MR) is 94.5 cm³/mol. The van der Waals surface area contributed by atoms with Gasteiger partial charge in [-0.3, -0.25) is 9.59 Å². The summed E-state index contributed by atoms with van der Waals surface area (Å²) in [7, 11) is 0. The molecule has 0 radical (unpaired) electrons. The van der Waals surface area contributed by atoms with Crippen molar-refractivity contribution >= 4 is 23.5 Å². The Morgan fingerprint density at radius 2 is 1.56 bits per heavy atom. The molecule has 2 amide bonds. The number of aryl methyl sites for hydroxylation is 3. The van der Waals surface area contributed by atoms with Crippen molar-refractivity contribution in [3.63, 3.8) is 0 Å². The van der Waals surface area contributed by atoms with Crippen molar-refractivity contribution in [3.05, 3.63) is 64.2 Å². The van der Waals surface area contributed by atoms with Gasteiger partial charge in [-0.05, 0) is 56.2 Å². The van der Waals surface area contributed by atoms with Crippen molar-refractivity contribution in [2.45, 2.75) is 20.8 Å². The maximum atomic E-state index is 12.2. The van der Waals surface area contributed by atoms with E-state index in [0.29, 0.717) is 16.8 Å². The number of primary amides is 1. The second kappa shape index (κ2) is 7.61. The summed E-state index contributed by atoms with van der Waals surface area (Å²) in [5, 5.41) is 2.58. The molecule has 0 saturated heterocycles. The normalized spacial score (nSPS) is 10.2. The van der Waals surface area contributed by atoms with Gasteiger partial charge in [-0.2, -0.15) is 0 Å². The summed E-state index contributed by atoms with van der Waals surface area (Å²) in [6, 6.07) is 9.89. The Morgan fingerprint density at radius 1 is 1.00 bits per heavy atom. The van der Waals surface area contributed by atoms with E-state index in [2.05, 4.69) is 5.32 Å². The van der Waals surface area contributed by atoms with Crippen LogP contribution in [0.3, 0.4) is 0 Å². The summed E-state index contributed by atoms with van der Waals surface area (Å²) in [5.41, 5.74) is 9.13. The number of hydrogen-bond donors (Lipinski definition) is 2. The van der Waals surface area contributed by atoms with Crippen LogP contribution in [0, 0.1) is 20.8 Å². The molecule has 130 valence electrons. The van der Waals surface area contributed by atoms with Crippen molar-refractivity contribution in [3.8, 4) is 0 Å². The summed E-state index contributed by atoms with van der Waals surface area (Å²) in [6.45, 7) is 5.21. The van der Waals surface area contributed by atoms with E-state index >= 15 is 0 Å². The van der Waals surface area contributed by atoms with Crippen LogP contribution in [0.1, 0.15) is 37.4 Å². The lowest BCUT2D eigenvalue weighted by molar-refractivity contribution is -0.119. The minimum atomic E-state index is -0.546. The number of carbonyl (C=O) groups excluding carboxylic acids is 3. The Morgan fingerprint density at radius 3 is 2.08 bits per heavy atom. The first kappa shape index (κ1) is 18.2. The fourth-order valence-corrected chi connectivity index (χ4v) is 2.62. The molecule has 0 aliphatic heterocycles. The van der Waals surface area contributed by atoms with Gasteiger partial charge in [0.1, 0.15) is 0 Å². The predicted octanol–water partition coefficient (Wildman–Crippen LogP) is 2.51. The molecule has 6 nitrogen and oxygen atoms in total. The molecule has 25 heavy (non-hydrogen) atoms. The van der Waals surface area contributed by atoms with Crippen molar-refractivity contribution in [2.75, 3.05) is 11.9 Å². The Balaban J connectivity index is 1.96. The average Bonchev–Trinajstić information content (AvgIpc) is 2.52. The monoisotopic (exact) mass is 340 g/mol. The van der Waals surface area contributed by atoms with Crippen LogP contribution in [0.15, 0.2) is 36.4 Å².